The molecule has 1 aromatic heterocycles. The van der Waals surface area contributed by atoms with Crippen LogP contribution in [0.2, 0.25) is 0 Å². The van der Waals surface area contributed by atoms with E-state index in [1.165, 1.54) is 16.3 Å². The van der Waals surface area contributed by atoms with Crippen molar-refractivity contribution in [1.82, 2.24) is 15.0 Å². The van der Waals surface area contributed by atoms with Gasteiger partial charge in [-0.25, -0.2) is 19.8 Å². The minimum atomic E-state index is 0.616. The standard InChI is InChI=1S/C56H36N4/c1-57-49-16-10-15-48(37-49)42-19-25-43(26-20-42)50-35-36-51(53-18-9-8-17-52(50)53)44-27-33-47(34-28-44)56-59-54(45-29-21-40(22-30-45)38-11-4-2-5-12-38)58-55(60-56)46-31-23-41(24-32-46)39-13-6-3-7-14-39/h2-37H. The van der Waals surface area contributed by atoms with E-state index in [1.54, 1.807) is 0 Å². The van der Waals surface area contributed by atoms with Gasteiger partial charge in [-0.2, -0.15) is 0 Å². The maximum Gasteiger partial charge on any atom is 0.187 e. The fraction of sp³-hybridized carbons (Fsp3) is 0. The van der Waals surface area contributed by atoms with Crippen LogP contribution in [0.3, 0.4) is 0 Å². The zero-order chi connectivity index (χ0) is 40.3. The van der Waals surface area contributed by atoms with Crippen molar-refractivity contribution in [2.24, 2.45) is 0 Å². The summed E-state index contributed by atoms with van der Waals surface area (Å²) in [6.45, 7) is 7.40. The molecule has 0 fully saturated rings. The van der Waals surface area contributed by atoms with Crippen molar-refractivity contribution >= 4 is 16.5 Å². The van der Waals surface area contributed by atoms with Gasteiger partial charge in [0.25, 0.3) is 0 Å². The molecule has 0 bridgehead atoms. The van der Waals surface area contributed by atoms with Gasteiger partial charge in [-0.3, -0.25) is 0 Å². The smallest absolute Gasteiger partial charge is 0.187 e. The highest BCUT2D eigenvalue weighted by molar-refractivity contribution is 6.05. The lowest BCUT2D eigenvalue weighted by Crippen LogP contribution is -2.00. The Morgan fingerprint density at radius 1 is 0.267 bits per heavy atom. The summed E-state index contributed by atoms with van der Waals surface area (Å²) in [6.07, 6.45) is 0. The SMILES string of the molecule is [C-]#[N+]c1cccc(-c2ccc(-c3ccc(-c4ccc(-c5nc(-c6ccc(-c7ccccc7)cc6)nc(-c6ccc(-c7ccccc7)cc6)n5)cc4)c4ccccc34)cc2)c1. The molecule has 280 valence electrons. The van der Waals surface area contributed by atoms with E-state index in [0.717, 1.165) is 66.8 Å². The quantitative estimate of drug-likeness (QED) is 0.145. The summed E-state index contributed by atoms with van der Waals surface area (Å²) in [5.74, 6) is 1.86. The molecule has 0 spiro atoms. The number of hydrogen-bond acceptors (Lipinski definition) is 3. The van der Waals surface area contributed by atoms with Gasteiger partial charge in [0, 0.05) is 16.7 Å². The molecule has 10 aromatic rings. The van der Waals surface area contributed by atoms with E-state index >= 15 is 0 Å². The topological polar surface area (TPSA) is 43.0 Å². The second-order valence-corrected chi connectivity index (χ2v) is 14.7. The molecule has 0 aliphatic rings. The van der Waals surface area contributed by atoms with Gasteiger partial charge in [-0.15, -0.1) is 0 Å². The van der Waals surface area contributed by atoms with Gasteiger partial charge in [0.1, 0.15) is 0 Å². The van der Waals surface area contributed by atoms with Crippen LogP contribution in [-0.4, -0.2) is 15.0 Å². The van der Waals surface area contributed by atoms with Gasteiger partial charge < -0.3 is 0 Å². The second-order valence-electron chi connectivity index (χ2n) is 14.7. The maximum atomic E-state index is 7.40. The first-order chi connectivity index (χ1) is 29.7. The highest BCUT2D eigenvalue weighted by atomic mass is 15.0. The average molecular weight is 765 g/mol. The first kappa shape index (κ1) is 36.1. The van der Waals surface area contributed by atoms with Gasteiger partial charge >= 0.3 is 0 Å². The molecule has 60 heavy (non-hydrogen) atoms. The fourth-order valence-electron chi connectivity index (χ4n) is 7.85. The zero-order valence-corrected chi connectivity index (χ0v) is 32.6. The Kier molecular flexibility index (Phi) is 9.59. The highest BCUT2D eigenvalue weighted by Gasteiger charge is 2.15. The number of nitrogens with zero attached hydrogens (tertiary/aromatic N) is 4. The van der Waals surface area contributed by atoms with Gasteiger partial charge in [-0.1, -0.05) is 212 Å². The van der Waals surface area contributed by atoms with E-state index in [2.05, 4.69) is 187 Å². The van der Waals surface area contributed by atoms with Crippen molar-refractivity contribution in [3.8, 4) is 89.8 Å². The summed E-state index contributed by atoms with van der Waals surface area (Å²) in [7, 11) is 0. The van der Waals surface area contributed by atoms with Crippen LogP contribution in [0.1, 0.15) is 0 Å². The summed E-state index contributed by atoms with van der Waals surface area (Å²) in [5.41, 5.74) is 14.7. The third-order valence-corrected chi connectivity index (χ3v) is 11.0. The summed E-state index contributed by atoms with van der Waals surface area (Å²) in [5, 5.41) is 2.37. The Morgan fingerprint density at radius 3 is 0.983 bits per heavy atom. The lowest BCUT2D eigenvalue weighted by Gasteiger charge is -2.13. The molecule has 0 atom stereocenters. The average Bonchev–Trinajstić information content (AvgIpc) is 3.34. The number of fused-ring (bicyclic) bond motifs is 1. The van der Waals surface area contributed by atoms with Crippen LogP contribution in [0.15, 0.2) is 218 Å². The Labute approximate surface area is 349 Å². The largest absolute Gasteiger partial charge is 0.238 e. The summed E-state index contributed by atoms with van der Waals surface area (Å²) >= 11 is 0. The molecule has 1 heterocycles. The van der Waals surface area contributed by atoms with Crippen molar-refractivity contribution in [3.05, 3.63) is 230 Å². The zero-order valence-electron chi connectivity index (χ0n) is 32.6. The lowest BCUT2D eigenvalue weighted by atomic mass is 9.91. The molecule has 4 heteroatoms. The molecule has 0 amide bonds. The first-order valence-corrected chi connectivity index (χ1v) is 20.0. The molecule has 0 saturated carbocycles. The third-order valence-electron chi connectivity index (χ3n) is 11.0. The molecule has 9 aromatic carbocycles. The fourth-order valence-corrected chi connectivity index (χ4v) is 7.85. The van der Waals surface area contributed by atoms with E-state index < -0.39 is 0 Å². The van der Waals surface area contributed by atoms with Crippen LogP contribution < -0.4 is 0 Å². The predicted molar refractivity (Wildman–Crippen MR) is 247 cm³/mol. The van der Waals surface area contributed by atoms with Crippen LogP contribution in [-0.2, 0) is 0 Å². The number of hydrogen-bond donors (Lipinski definition) is 0. The van der Waals surface area contributed by atoms with Crippen molar-refractivity contribution in [2.45, 2.75) is 0 Å². The number of aromatic nitrogens is 3. The molecule has 10 rings (SSSR count). The molecule has 0 aliphatic carbocycles. The monoisotopic (exact) mass is 764 g/mol. The lowest BCUT2D eigenvalue weighted by molar-refractivity contribution is 1.07. The Bertz CT molecular complexity index is 3050. The second kappa shape index (κ2) is 15.9. The normalized spacial score (nSPS) is 11.0. The minimum absolute atomic E-state index is 0.616. The summed E-state index contributed by atoms with van der Waals surface area (Å²) in [4.78, 5) is 18.8. The van der Waals surface area contributed by atoms with Crippen LogP contribution in [0, 0.1) is 6.57 Å². The van der Waals surface area contributed by atoms with Crippen LogP contribution in [0.4, 0.5) is 5.69 Å². The minimum Gasteiger partial charge on any atom is -0.238 e. The molecule has 0 radical (unpaired) electrons. The Morgan fingerprint density at radius 2 is 0.583 bits per heavy atom. The predicted octanol–water partition coefficient (Wildman–Crippen LogP) is 14.9. The van der Waals surface area contributed by atoms with Crippen LogP contribution >= 0.6 is 0 Å². The highest BCUT2D eigenvalue weighted by Crippen LogP contribution is 2.38. The van der Waals surface area contributed by atoms with Crippen LogP contribution in [0.25, 0.3) is 105 Å². The van der Waals surface area contributed by atoms with Gasteiger partial charge in [0.05, 0.1) is 6.57 Å². The molecule has 0 saturated heterocycles. The van der Waals surface area contributed by atoms with E-state index in [0.29, 0.717) is 23.2 Å². The maximum absolute atomic E-state index is 7.40. The molecule has 0 aliphatic heterocycles. The van der Waals surface area contributed by atoms with Gasteiger partial charge in [-0.05, 0) is 72.5 Å². The van der Waals surface area contributed by atoms with E-state index in [1.807, 2.05) is 36.4 Å². The van der Waals surface area contributed by atoms with Crippen molar-refractivity contribution in [1.29, 1.82) is 0 Å². The van der Waals surface area contributed by atoms with Crippen molar-refractivity contribution in [3.63, 3.8) is 0 Å². The molecular formula is C56H36N4. The van der Waals surface area contributed by atoms with Gasteiger partial charge in [0.2, 0.25) is 0 Å². The van der Waals surface area contributed by atoms with Gasteiger partial charge in [0.15, 0.2) is 23.2 Å². The molecule has 0 N–H and O–H groups in total. The Balaban J connectivity index is 0.993. The molecule has 4 nitrogen and oxygen atoms in total. The number of rotatable bonds is 8. The van der Waals surface area contributed by atoms with E-state index in [9.17, 15) is 0 Å². The number of benzene rings is 9. The summed E-state index contributed by atoms with van der Waals surface area (Å²) < 4.78 is 0. The summed E-state index contributed by atoms with van der Waals surface area (Å²) in [6, 6.07) is 75.6. The van der Waals surface area contributed by atoms with Crippen LogP contribution in [0.5, 0.6) is 0 Å². The van der Waals surface area contributed by atoms with Crippen molar-refractivity contribution < 1.29 is 0 Å². The third kappa shape index (κ3) is 7.24. The van der Waals surface area contributed by atoms with Crippen molar-refractivity contribution in [2.75, 3.05) is 0 Å². The van der Waals surface area contributed by atoms with E-state index in [-0.39, 0.29) is 0 Å². The first-order valence-electron chi connectivity index (χ1n) is 20.0. The van der Waals surface area contributed by atoms with E-state index in [4.69, 9.17) is 21.5 Å². The molecule has 0 unspecified atom stereocenters. The Hall–Kier alpha value is -8.26. The molecular weight excluding hydrogens is 729 g/mol.